The summed E-state index contributed by atoms with van der Waals surface area (Å²) in [5, 5.41) is 0. The lowest BCUT2D eigenvalue weighted by Gasteiger charge is -2.25. The number of halogens is 2. The maximum atomic E-state index is 12.6. The minimum atomic E-state index is -3.44. The van der Waals surface area contributed by atoms with Crippen molar-refractivity contribution >= 4 is 48.9 Å². The molecule has 0 radical (unpaired) electrons. The van der Waals surface area contributed by atoms with Crippen LogP contribution >= 0.6 is 38.9 Å². The van der Waals surface area contributed by atoms with Crippen molar-refractivity contribution in [1.29, 1.82) is 0 Å². The van der Waals surface area contributed by atoms with E-state index in [2.05, 4.69) is 15.9 Å². The first-order valence-corrected chi connectivity index (χ1v) is 9.29. The topological polar surface area (TPSA) is 37.4 Å². The molecule has 0 saturated heterocycles. The number of sulfonamides is 1. The summed E-state index contributed by atoms with van der Waals surface area (Å²) in [6.07, 6.45) is 0.793. The molecule has 0 aliphatic rings. The summed E-state index contributed by atoms with van der Waals surface area (Å²) < 4.78 is 27.3. The Morgan fingerprint density at radius 3 is 2.50 bits per heavy atom. The second-order valence-corrected chi connectivity index (χ2v) is 8.77. The van der Waals surface area contributed by atoms with Gasteiger partial charge in [-0.1, -0.05) is 6.92 Å². The fraction of sp³-hybridized carbons (Fsp3) is 0.636. The van der Waals surface area contributed by atoms with Gasteiger partial charge >= 0.3 is 0 Å². The highest BCUT2D eigenvalue weighted by Crippen LogP contribution is 2.34. The second-order valence-electron chi connectivity index (χ2n) is 4.19. The molecule has 1 aromatic heterocycles. The van der Waals surface area contributed by atoms with Crippen LogP contribution in [-0.4, -0.2) is 25.3 Å². The number of alkyl halides is 1. The van der Waals surface area contributed by atoms with Crippen LogP contribution in [0.2, 0.25) is 0 Å². The van der Waals surface area contributed by atoms with Crippen LogP contribution in [-0.2, 0) is 15.9 Å². The van der Waals surface area contributed by atoms with E-state index in [-0.39, 0.29) is 6.04 Å². The van der Waals surface area contributed by atoms with Crippen molar-refractivity contribution in [2.45, 2.75) is 44.0 Å². The van der Waals surface area contributed by atoms with Crippen molar-refractivity contribution in [3.63, 3.8) is 0 Å². The Hall–Kier alpha value is 0.380. The van der Waals surface area contributed by atoms with Crippen molar-refractivity contribution in [2.75, 3.05) is 6.54 Å². The third-order valence-corrected chi connectivity index (χ3v) is 7.22. The monoisotopic (exact) mass is 373 g/mol. The van der Waals surface area contributed by atoms with Crippen LogP contribution in [0, 0.1) is 0 Å². The molecule has 1 aromatic rings. The lowest BCUT2D eigenvalue weighted by Crippen LogP contribution is -2.37. The van der Waals surface area contributed by atoms with E-state index in [4.69, 9.17) is 11.6 Å². The van der Waals surface area contributed by atoms with Crippen LogP contribution in [0.5, 0.6) is 0 Å². The zero-order valence-corrected chi connectivity index (χ0v) is 14.6. The Bertz CT molecular complexity index is 499. The fourth-order valence-electron chi connectivity index (χ4n) is 1.64. The van der Waals surface area contributed by atoms with Crippen LogP contribution in [0.15, 0.2) is 14.7 Å². The Labute approximate surface area is 126 Å². The molecule has 0 bridgehead atoms. The standard InChI is InChI=1S/C11H17BrClNO2S2/c1-4-5-14(8(2)3)18(15,16)10-6-9(7-13)17-11(10)12/h6,8H,4-5,7H2,1-3H3. The molecule has 1 heterocycles. The quantitative estimate of drug-likeness (QED) is 0.704. The number of thiophene rings is 1. The lowest BCUT2D eigenvalue weighted by molar-refractivity contribution is 0.354. The summed E-state index contributed by atoms with van der Waals surface area (Å²) in [5.41, 5.74) is 0. The normalized spacial score (nSPS) is 12.6. The molecule has 0 saturated carbocycles. The summed E-state index contributed by atoms with van der Waals surface area (Å²) in [6.45, 7) is 6.27. The summed E-state index contributed by atoms with van der Waals surface area (Å²) in [5.74, 6) is 0.328. The average molecular weight is 375 g/mol. The van der Waals surface area contributed by atoms with Crippen LogP contribution in [0.1, 0.15) is 32.1 Å². The van der Waals surface area contributed by atoms with E-state index in [0.29, 0.717) is 21.1 Å². The molecule has 0 unspecified atom stereocenters. The van der Waals surface area contributed by atoms with E-state index >= 15 is 0 Å². The third-order valence-electron chi connectivity index (χ3n) is 2.44. The first-order valence-electron chi connectivity index (χ1n) is 5.70. The van der Waals surface area contributed by atoms with Gasteiger partial charge in [-0.25, -0.2) is 8.42 Å². The highest BCUT2D eigenvalue weighted by molar-refractivity contribution is 9.11. The number of hydrogen-bond donors (Lipinski definition) is 0. The molecule has 0 amide bonds. The molecule has 0 atom stereocenters. The van der Waals surface area contributed by atoms with Gasteiger partial charge in [0.2, 0.25) is 10.0 Å². The Balaban J connectivity index is 3.21. The van der Waals surface area contributed by atoms with Gasteiger partial charge in [0, 0.05) is 17.5 Å². The Morgan fingerprint density at radius 1 is 1.50 bits per heavy atom. The van der Waals surface area contributed by atoms with E-state index in [0.717, 1.165) is 11.3 Å². The second kappa shape index (κ2) is 6.70. The lowest BCUT2D eigenvalue weighted by atomic mass is 10.4. The predicted octanol–water partition coefficient (Wildman–Crippen LogP) is 4.06. The maximum absolute atomic E-state index is 12.6. The van der Waals surface area contributed by atoms with Crippen molar-refractivity contribution in [2.24, 2.45) is 0 Å². The molecular weight excluding hydrogens is 358 g/mol. The van der Waals surface area contributed by atoms with E-state index < -0.39 is 10.0 Å². The first-order chi connectivity index (χ1) is 8.34. The largest absolute Gasteiger partial charge is 0.245 e. The molecule has 0 aromatic carbocycles. The van der Waals surface area contributed by atoms with Gasteiger partial charge in [-0.2, -0.15) is 4.31 Å². The molecule has 0 spiro atoms. The summed E-state index contributed by atoms with van der Waals surface area (Å²) in [6, 6.07) is 1.60. The molecule has 1 rings (SSSR count). The van der Waals surface area contributed by atoms with Gasteiger partial charge < -0.3 is 0 Å². The van der Waals surface area contributed by atoms with Gasteiger partial charge in [0.05, 0.1) is 9.67 Å². The number of nitrogens with zero attached hydrogens (tertiary/aromatic N) is 1. The van der Waals surface area contributed by atoms with Crippen molar-refractivity contribution in [3.05, 3.63) is 14.7 Å². The SMILES string of the molecule is CCCN(C(C)C)S(=O)(=O)c1cc(CCl)sc1Br. The highest BCUT2D eigenvalue weighted by atomic mass is 79.9. The van der Waals surface area contributed by atoms with Crippen LogP contribution in [0.25, 0.3) is 0 Å². The van der Waals surface area contributed by atoms with E-state index in [1.165, 1.54) is 15.6 Å². The molecule has 0 aliphatic heterocycles. The Kier molecular flexibility index (Phi) is 6.12. The van der Waals surface area contributed by atoms with Crippen LogP contribution in [0.3, 0.4) is 0 Å². The van der Waals surface area contributed by atoms with Gasteiger partial charge in [-0.3, -0.25) is 0 Å². The zero-order valence-electron chi connectivity index (χ0n) is 10.6. The van der Waals surface area contributed by atoms with E-state index in [1.54, 1.807) is 6.07 Å². The smallest absolute Gasteiger partial charge is 0.207 e. The fourth-order valence-corrected chi connectivity index (χ4v) is 6.10. The molecule has 7 heteroatoms. The summed E-state index contributed by atoms with van der Waals surface area (Å²) in [7, 11) is -3.44. The zero-order chi connectivity index (χ0) is 13.9. The van der Waals surface area contributed by atoms with Crippen molar-refractivity contribution in [3.8, 4) is 0 Å². The van der Waals surface area contributed by atoms with Gasteiger partial charge in [0.1, 0.15) is 4.90 Å². The third kappa shape index (κ3) is 3.48. The van der Waals surface area contributed by atoms with Gasteiger partial charge in [0.25, 0.3) is 0 Å². The van der Waals surface area contributed by atoms with Crippen LogP contribution < -0.4 is 0 Å². The first kappa shape index (κ1) is 16.4. The molecule has 3 nitrogen and oxygen atoms in total. The molecular formula is C11H17BrClNO2S2. The number of hydrogen-bond acceptors (Lipinski definition) is 3. The number of rotatable bonds is 6. The van der Waals surface area contributed by atoms with E-state index in [1.807, 2.05) is 20.8 Å². The summed E-state index contributed by atoms with van der Waals surface area (Å²) in [4.78, 5) is 1.17. The van der Waals surface area contributed by atoms with Crippen molar-refractivity contribution < 1.29 is 8.42 Å². The summed E-state index contributed by atoms with van der Waals surface area (Å²) >= 11 is 10.4. The minimum absolute atomic E-state index is 0.0544. The molecule has 0 aliphatic carbocycles. The molecule has 104 valence electrons. The predicted molar refractivity (Wildman–Crippen MR) is 80.9 cm³/mol. The molecule has 18 heavy (non-hydrogen) atoms. The maximum Gasteiger partial charge on any atom is 0.245 e. The highest BCUT2D eigenvalue weighted by Gasteiger charge is 2.29. The Morgan fingerprint density at radius 2 is 2.11 bits per heavy atom. The van der Waals surface area contributed by atoms with Gasteiger partial charge in [-0.05, 0) is 42.3 Å². The van der Waals surface area contributed by atoms with Crippen LogP contribution in [0.4, 0.5) is 0 Å². The van der Waals surface area contributed by atoms with Gasteiger partial charge in [-0.15, -0.1) is 22.9 Å². The average Bonchev–Trinajstić information content (AvgIpc) is 2.67. The minimum Gasteiger partial charge on any atom is -0.207 e. The molecule has 0 fully saturated rings. The van der Waals surface area contributed by atoms with Gasteiger partial charge in [0.15, 0.2) is 0 Å². The van der Waals surface area contributed by atoms with E-state index in [9.17, 15) is 8.42 Å². The van der Waals surface area contributed by atoms with Crippen molar-refractivity contribution in [1.82, 2.24) is 4.31 Å². The molecule has 0 N–H and O–H groups in total.